The Bertz CT molecular complexity index is 1210. The van der Waals surface area contributed by atoms with E-state index in [1.54, 1.807) is 23.0 Å². The van der Waals surface area contributed by atoms with Gasteiger partial charge in [-0.1, -0.05) is 54.6 Å². The minimum Gasteiger partial charge on any atom is -0.469 e. The third kappa shape index (κ3) is 4.35. The fraction of sp³-hybridized carbons (Fsp3) is 0.0833. The Morgan fingerprint density at radius 1 is 0.935 bits per heavy atom. The molecule has 3 aromatic carbocycles. The number of methoxy groups -OCH3 is 1. The first-order chi connectivity index (χ1) is 15.0. The van der Waals surface area contributed by atoms with Crippen LogP contribution in [0, 0.1) is 10.1 Å². The summed E-state index contributed by atoms with van der Waals surface area (Å²) in [6, 6.07) is 24.1. The molecule has 4 rings (SSSR count). The van der Waals surface area contributed by atoms with Gasteiger partial charge in [0.2, 0.25) is 0 Å². The molecule has 0 amide bonds. The molecular formula is C24H19N3O4. The number of nitro groups is 1. The third-order valence-corrected chi connectivity index (χ3v) is 4.94. The minimum atomic E-state index is -0.449. The summed E-state index contributed by atoms with van der Waals surface area (Å²) in [6.45, 7) is 0. The second kappa shape index (κ2) is 8.62. The predicted octanol–water partition coefficient (Wildman–Crippen LogP) is 4.83. The quantitative estimate of drug-likeness (QED) is 0.257. The van der Waals surface area contributed by atoms with Crippen LogP contribution in [0.5, 0.6) is 0 Å². The second-order valence-corrected chi connectivity index (χ2v) is 6.92. The number of hydrogen-bond acceptors (Lipinski definition) is 5. The van der Waals surface area contributed by atoms with Crippen molar-refractivity contribution < 1.29 is 14.5 Å². The Morgan fingerprint density at radius 2 is 1.55 bits per heavy atom. The van der Waals surface area contributed by atoms with Crippen LogP contribution in [0.1, 0.15) is 5.56 Å². The van der Waals surface area contributed by atoms with Crippen molar-refractivity contribution in [2.24, 2.45) is 0 Å². The lowest BCUT2D eigenvalue weighted by Gasteiger charge is -2.05. The van der Waals surface area contributed by atoms with Crippen molar-refractivity contribution in [3.63, 3.8) is 0 Å². The van der Waals surface area contributed by atoms with E-state index in [1.165, 1.54) is 19.2 Å². The van der Waals surface area contributed by atoms with E-state index >= 15 is 0 Å². The Labute approximate surface area is 178 Å². The monoisotopic (exact) mass is 413 g/mol. The number of hydrogen-bond donors (Lipinski definition) is 0. The number of non-ortho nitro benzene ring substituents is 1. The first-order valence-corrected chi connectivity index (χ1v) is 9.61. The highest BCUT2D eigenvalue weighted by atomic mass is 16.6. The molecule has 0 unspecified atom stereocenters. The van der Waals surface area contributed by atoms with Crippen molar-refractivity contribution in [3.05, 3.63) is 101 Å². The predicted molar refractivity (Wildman–Crippen MR) is 117 cm³/mol. The van der Waals surface area contributed by atoms with Crippen molar-refractivity contribution in [2.45, 2.75) is 6.42 Å². The Morgan fingerprint density at radius 3 is 2.16 bits per heavy atom. The normalized spacial score (nSPS) is 10.6. The lowest BCUT2D eigenvalue weighted by molar-refractivity contribution is -0.384. The van der Waals surface area contributed by atoms with Crippen LogP contribution >= 0.6 is 0 Å². The molecular weight excluding hydrogens is 394 g/mol. The van der Waals surface area contributed by atoms with Gasteiger partial charge in [0.15, 0.2) is 0 Å². The van der Waals surface area contributed by atoms with Crippen LogP contribution in [0.3, 0.4) is 0 Å². The van der Waals surface area contributed by atoms with Gasteiger partial charge in [0.1, 0.15) is 0 Å². The molecule has 0 saturated heterocycles. The SMILES string of the molecule is COC(=O)Cc1cn(-c2ccc([N+](=O)[O-])cc2)nc1-c1ccc(-c2ccccc2)cc1. The smallest absolute Gasteiger partial charge is 0.310 e. The van der Waals surface area contributed by atoms with E-state index in [9.17, 15) is 14.9 Å². The zero-order valence-electron chi connectivity index (χ0n) is 16.8. The summed E-state index contributed by atoms with van der Waals surface area (Å²) in [5.41, 5.74) is 5.07. The molecule has 31 heavy (non-hydrogen) atoms. The van der Waals surface area contributed by atoms with Gasteiger partial charge in [-0.05, 0) is 23.3 Å². The van der Waals surface area contributed by atoms with Crippen LogP contribution in [-0.2, 0) is 16.0 Å². The van der Waals surface area contributed by atoms with Crippen molar-refractivity contribution in [1.29, 1.82) is 0 Å². The van der Waals surface area contributed by atoms with Crippen LogP contribution in [-0.4, -0.2) is 27.8 Å². The molecule has 0 fully saturated rings. The summed E-state index contributed by atoms with van der Waals surface area (Å²) in [4.78, 5) is 22.4. The van der Waals surface area contributed by atoms with Gasteiger partial charge < -0.3 is 4.74 Å². The van der Waals surface area contributed by atoms with Gasteiger partial charge in [-0.25, -0.2) is 4.68 Å². The van der Waals surface area contributed by atoms with Crippen LogP contribution in [0.25, 0.3) is 28.1 Å². The average Bonchev–Trinajstić information content (AvgIpc) is 3.23. The summed E-state index contributed by atoms with van der Waals surface area (Å²) in [5.74, 6) is -0.370. The molecule has 1 heterocycles. The topological polar surface area (TPSA) is 87.3 Å². The molecule has 0 atom stereocenters. The molecule has 0 aliphatic rings. The molecule has 0 radical (unpaired) electrons. The first-order valence-electron chi connectivity index (χ1n) is 9.61. The van der Waals surface area contributed by atoms with Crippen molar-refractivity contribution in [2.75, 3.05) is 7.11 Å². The van der Waals surface area contributed by atoms with Gasteiger partial charge in [-0.15, -0.1) is 0 Å². The highest BCUT2D eigenvalue weighted by molar-refractivity contribution is 5.77. The number of carbonyl (C=O) groups is 1. The van der Waals surface area contributed by atoms with Gasteiger partial charge in [0, 0.05) is 29.5 Å². The van der Waals surface area contributed by atoms with E-state index in [0.717, 1.165) is 16.7 Å². The summed E-state index contributed by atoms with van der Waals surface area (Å²) >= 11 is 0. The maximum absolute atomic E-state index is 11.9. The number of esters is 1. The summed E-state index contributed by atoms with van der Waals surface area (Å²) in [6.07, 6.45) is 1.82. The van der Waals surface area contributed by atoms with Crippen LogP contribution in [0.15, 0.2) is 85.1 Å². The van der Waals surface area contributed by atoms with E-state index in [0.29, 0.717) is 16.9 Å². The van der Waals surface area contributed by atoms with Crippen LogP contribution in [0.2, 0.25) is 0 Å². The van der Waals surface area contributed by atoms with Crippen LogP contribution < -0.4 is 0 Å². The second-order valence-electron chi connectivity index (χ2n) is 6.92. The highest BCUT2D eigenvalue weighted by Crippen LogP contribution is 2.28. The summed E-state index contributed by atoms with van der Waals surface area (Å²) in [7, 11) is 1.34. The molecule has 1 aromatic heterocycles. The molecule has 7 heteroatoms. The number of ether oxygens (including phenoxy) is 1. The zero-order chi connectivity index (χ0) is 21.8. The molecule has 0 spiro atoms. The van der Waals surface area contributed by atoms with E-state index in [-0.39, 0.29) is 18.1 Å². The fourth-order valence-electron chi connectivity index (χ4n) is 3.32. The molecule has 0 bridgehead atoms. The Kier molecular flexibility index (Phi) is 5.57. The maximum atomic E-state index is 11.9. The first kappa shape index (κ1) is 20.0. The third-order valence-electron chi connectivity index (χ3n) is 4.94. The minimum absolute atomic E-state index is 0.00224. The highest BCUT2D eigenvalue weighted by Gasteiger charge is 2.16. The summed E-state index contributed by atoms with van der Waals surface area (Å²) in [5, 5.41) is 15.6. The van der Waals surface area contributed by atoms with E-state index < -0.39 is 4.92 Å². The molecule has 0 N–H and O–H groups in total. The molecule has 154 valence electrons. The van der Waals surface area contributed by atoms with Gasteiger partial charge >= 0.3 is 5.97 Å². The number of nitro benzene ring substituents is 1. The standard InChI is InChI=1S/C24H19N3O4/c1-31-23(28)15-20-16-26(21-11-13-22(14-12-21)27(29)30)25-24(20)19-9-7-18(8-10-19)17-5-3-2-4-6-17/h2-14,16H,15H2,1H3. The van der Waals surface area contributed by atoms with Crippen molar-refractivity contribution in [3.8, 4) is 28.1 Å². The summed E-state index contributed by atoms with van der Waals surface area (Å²) < 4.78 is 6.44. The molecule has 7 nitrogen and oxygen atoms in total. The zero-order valence-corrected chi connectivity index (χ0v) is 16.8. The number of carbonyl (C=O) groups excluding carboxylic acids is 1. The van der Waals surface area contributed by atoms with Crippen molar-refractivity contribution in [1.82, 2.24) is 9.78 Å². The molecule has 0 aliphatic heterocycles. The van der Waals surface area contributed by atoms with E-state index in [2.05, 4.69) is 5.10 Å². The number of aromatic nitrogens is 2. The molecule has 4 aromatic rings. The fourth-order valence-corrected chi connectivity index (χ4v) is 3.32. The van der Waals surface area contributed by atoms with Gasteiger partial charge in [0.05, 0.1) is 29.8 Å². The lowest BCUT2D eigenvalue weighted by atomic mass is 10.0. The lowest BCUT2D eigenvalue weighted by Crippen LogP contribution is -2.04. The van der Waals surface area contributed by atoms with E-state index in [1.807, 2.05) is 54.6 Å². The van der Waals surface area contributed by atoms with Crippen molar-refractivity contribution >= 4 is 11.7 Å². The van der Waals surface area contributed by atoms with Crippen LogP contribution in [0.4, 0.5) is 5.69 Å². The largest absolute Gasteiger partial charge is 0.469 e. The van der Waals surface area contributed by atoms with Gasteiger partial charge in [-0.3, -0.25) is 14.9 Å². The van der Waals surface area contributed by atoms with Gasteiger partial charge in [0.25, 0.3) is 5.69 Å². The Balaban J connectivity index is 1.71. The maximum Gasteiger partial charge on any atom is 0.310 e. The average molecular weight is 413 g/mol. The van der Waals surface area contributed by atoms with Gasteiger partial charge in [-0.2, -0.15) is 5.10 Å². The molecule has 0 saturated carbocycles. The number of rotatable bonds is 6. The number of benzene rings is 3. The number of nitrogens with zero attached hydrogens (tertiary/aromatic N) is 3. The molecule has 0 aliphatic carbocycles. The van der Waals surface area contributed by atoms with E-state index in [4.69, 9.17) is 4.74 Å². The Hall–Kier alpha value is -4.26.